The van der Waals surface area contributed by atoms with Crippen LogP contribution in [0.4, 0.5) is 13.6 Å². The van der Waals surface area contributed by atoms with E-state index < -0.39 is 22.0 Å². The summed E-state index contributed by atoms with van der Waals surface area (Å²) in [5, 5.41) is 0. The second-order valence-electron chi connectivity index (χ2n) is 2.28. The minimum Gasteiger partial charge on any atom is -0.498 e. The number of alkyl halides is 2. The SMILES string of the molecule is CC=COCCOC(=O)OS(=O)(=O)C(F)F.[Na]. The van der Waals surface area contributed by atoms with Crippen molar-refractivity contribution in [3.05, 3.63) is 12.3 Å². The molecule has 0 N–H and O–H groups in total. The van der Waals surface area contributed by atoms with Crippen molar-refractivity contribution in [3.63, 3.8) is 0 Å². The number of allylic oxidation sites excluding steroid dienone is 1. The van der Waals surface area contributed by atoms with E-state index in [0.29, 0.717) is 0 Å². The predicted octanol–water partition coefficient (Wildman–Crippen LogP) is 0.861. The van der Waals surface area contributed by atoms with E-state index >= 15 is 0 Å². The minimum atomic E-state index is -5.21. The Balaban J connectivity index is 0. The molecule has 95 valence electrons. The van der Waals surface area contributed by atoms with Crippen molar-refractivity contribution in [3.8, 4) is 0 Å². The molecule has 0 aromatic heterocycles. The van der Waals surface area contributed by atoms with Gasteiger partial charge in [-0.2, -0.15) is 17.2 Å². The Morgan fingerprint density at radius 3 is 2.41 bits per heavy atom. The first-order chi connectivity index (χ1) is 7.40. The summed E-state index contributed by atoms with van der Waals surface area (Å²) < 4.78 is 56.4. The zero-order chi connectivity index (χ0) is 12.6. The van der Waals surface area contributed by atoms with Crippen molar-refractivity contribution in [2.45, 2.75) is 12.7 Å². The normalized spacial score (nSPS) is 11.1. The fourth-order valence-electron chi connectivity index (χ4n) is 0.493. The summed E-state index contributed by atoms with van der Waals surface area (Å²) in [5.74, 6) is -3.79. The molecule has 0 aromatic rings. The molecule has 0 aromatic carbocycles. The zero-order valence-electron chi connectivity index (χ0n) is 9.26. The summed E-state index contributed by atoms with van der Waals surface area (Å²) in [6.07, 6.45) is 1.16. The van der Waals surface area contributed by atoms with Crippen LogP contribution < -0.4 is 0 Å². The molecule has 0 bridgehead atoms. The molecule has 0 unspecified atom stereocenters. The Hall–Kier alpha value is -0.380. The summed E-state index contributed by atoms with van der Waals surface area (Å²) in [5.41, 5.74) is 0. The molecule has 10 heteroatoms. The van der Waals surface area contributed by atoms with Crippen molar-refractivity contribution < 1.29 is 35.6 Å². The number of halogens is 2. The third kappa shape index (κ3) is 9.33. The van der Waals surface area contributed by atoms with Gasteiger partial charge in [-0.1, -0.05) is 6.08 Å². The summed E-state index contributed by atoms with van der Waals surface area (Å²) in [4.78, 5) is 10.6. The molecule has 0 spiro atoms. The molecule has 0 aliphatic heterocycles. The van der Waals surface area contributed by atoms with Gasteiger partial charge in [-0.05, 0) is 6.92 Å². The number of hydrogen-bond donors (Lipinski definition) is 0. The number of hydrogen-bond acceptors (Lipinski definition) is 6. The van der Waals surface area contributed by atoms with Crippen molar-refractivity contribution in [2.75, 3.05) is 13.2 Å². The number of rotatable bonds is 6. The molecule has 1 radical (unpaired) electrons. The maximum Gasteiger partial charge on any atom is 0.524 e. The van der Waals surface area contributed by atoms with Gasteiger partial charge >= 0.3 is 22.0 Å². The number of carbonyl (C=O) groups excluding carboxylic acids is 1. The Morgan fingerprint density at radius 2 is 1.94 bits per heavy atom. The third-order valence-corrected chi connectivity index (χ3v) is 1.86. The standard InChI is InChI=1S/C7H10F2O6S.Na/c1-2-3-13-4-5-14-7(10)15-16(11,12)6(8)9;/h2-3,6H,4-5H2,1H3;. The Morgan fingerprint density at radius 1 is 1.35 bits per heavy atom. The average molecular weight is 283 g/mol. The largest absolute Gasteiger partial charge is 0.524 e. The Labute approximate surface area is 119 Å². The molecule has 0 heterocycles. The van der Waals surface area contributed by atoms with E-state index in [2.05, 4.69) is 8.92 Å². The molecule has 6 nitrogen and oxygen atoms in total. The zero-order valence-corrected chi connectivity index (χ0v) is 12.1. The molecule has 0 amide bonds. The van der Waals surface area contributed by atoms with Crippen molar-refractivity contribution in [1.29, 1.82) is 0 Å². The van der Waals surface area contributed by atoms with Crippen LogP contribution in [0.3, 0.4) is 0 Å². The van der Waals surface area contributed by atoms with Crippen molar-refractivity contribution in [1.82, 2.24) is 0 Å². The molecule has 0 aliphatic rings. The van der Waals surface area contributed by atoms with Gasteiger partial charge in [-0.25, -0.2) is 4.79 Å². The maximum absolute atomic E-state index is 11.7. The fourth-order valence-corrected chi connectivity index (χ4v) is 0.803. The summed E-state index contributed by atoms with van der Waals surface area (Å²) in [6.45, 7) is 1.32. The van der Waals surface area contributed by atoms with Crippen LogP contribution in [0.25, 0.3) is 0 Å². The molecule has 0 fully saturated rings. The maximum atomic E-state index is 11.7. The van der Waals surface area contributed by atoms with Crippen molar-refractivity contribution in [2.24, 2.45) is 0 Å². The van der Waals surface area contributed by atoms with Gasteiger partial charge in [0.25, 0.3) is 0 Å². The van der Waals surface area contributed by atoms with Crippen LogP contribution in [0.2, 0.25) is 0 Å². The summed E-state index contributed by atoms with van der Waals surface area (Å²) >= 11 is 0. The van der Waals surface area contributed by atoms with Gasteiger partial charge in [0.05, 0.1) is 6.26 Å². The van der Waals surface area contributed by atoms with Gasteiger partial charge in [0, 0.05) is 29.6 Å². The van der Waals surface area contributed by atoms with E-state index in [1.807, 2.05) is 0 Å². The Bertz CT molecular complexity index is 342. The minimum absolute atomic E-state index is 0. The quantitative estimate of drug-likeness (QED) is 0.236. The van der Waals surface area contributed by atoms with Crippen LogP contribution in [-0.4, -0.2) is 63.1 Å². The molecule has 0 rings (SSSR count). The van der Waals surface area contributed by atoms with E-state index in [-0.39, 0.29) is 42.8 Å². The monoisotopic (exact) mass is 283 g/mol. The number of ether oxygens (including phenoxy) is 2. The molecule has 0 saturated carbocycles. The number of carbonyl (C=O) groups is 1. The van der Waals surface area contributed by atoms with Crippen LogP contribution >= 0.6 is 0 Å². The van der Waals surface area contributed by atoms with Crippen molar-refractivity contribution >= 4 is 45.8 Å². The van der Waals surface area contributed by atoms with E-state index in [4.69, 9.17) is 4.74 Å². The van der Waals surface area contributed by atoms with Crippen LogP contribution in [0, 0.1) is 0 Å². The van der Waals surface area contributed by atoms with Crippen LogP contribution in [0.1, 0.15) is 6.92 Å². The van der Waals surface area contributed by atoms with Crippen LogP contribution in [0.15, 0.2) is 12.3 Å². The van der Waals surface area contributed by atoms with Crippen LogP contribution in [-0.2, 0) is 23.8 Å². The van der Waals surface area contributed by atoms with Gasteiger partial charge in [0.2, 0.25) is 0 Å². The first-order valence-electron chi connectivity index (χ1n) is 4.01. The van der Waals surface area contributed by atoms with E-state index in [1.54, 1.807) is 13.0 Å². The van der Waals surface area contributed by atoms with Gasteiger partial charge in [-0.3, -0.25) is 0 Å². The Kier molecular flexibility index (Phi) is 10.7. The van der Waals surface area contributed by atoms with E-state index in [0.717, 1.165) is 0 Å². The van der Waals surface area contributed by atoms with E-state index in [9.17, 15) is 22.0 Å². The first-order valence-corrected chi connectivity index (χ1v) is 5.48. The topological polar surface area (TPSA) is 78.9 Å². The molecule has 17 heavy (non-hydrogen) atoms. The second-order valence-corrected chi connectivity index (χ2v) is 3.78. The van der Waals surface area contributed by atoms with Gasteiger partial charge in [0.1, 0.15) is 13.2 Å². The summed E-state index contributed by atoms with van der Waals surface area (Å²) in [7, 11) is -5.21. The molecular weight excluding hydrogens is 273 g/mol. The van der Waals surface area contributed by atoms with Gasteiger partial charge in [0.15, 0.2) is 0 Å². The molecule has 0 aliphatic carbocycles. The predicted molar refractivity (Wildman–Crippen MR) is 53.9 cm³/mol. The molecule has 0 atom stereocenters. The van der Waals surface area contributed by atoms with E-state index in [1.165, 1.54) is 6.26 Å². The second kappa shape index (κ2) is 9.63. The molecule has 0 saturated heterocycles. The van der Waals surface area contributed by atoms with Gasteiger partial charge in [-0.15, -0.1) is 0 Å². The molecular formula is C7H10F2NaO6S. The van der Waals surface area contributed by atoms with Gasteiger partial charge < -0.3 is 13.7 Å². The smallest absolute Gasteiger partial charge is 0.498 e. The third-order valence-electron chi connectivity index (χ3n) is 1.06. The van der Waals surface area contributed by atoms with Crippen LogP contribution in [0.5, 0.6) is 0 Å². The first kappa shape index (κ1) is 19.0. The fraction of sp³-hybridized carbons (Fsp3) is 0.571. The summed E-state index contributed by atoms with van der Waals surface area (Å²) in [6, 6.07) is 0. The average Bonchev–Trinajstić information content (AvgIpc) is 2.16.